The highest BCUT2D eigenvalue weighted by Crippen LogP contribution is 2.29. The minimum atomic E-state index is -0.656. The number of nitrogens with zero attached hydrogens (tertiary/aromatic N) is 2. The first-order valence-corrected chi connectivity index (χ1v) is 5.70. The van der Waals surface area contributed by atoms with Crippen LogP contribution < -0.4 is 5.32 Å². The Morgan fingerprint density at radius 3 is 2.93 bits per heavy atom. The van der Waals surface area contributed by atoms with Gasteiger partial charge in [0.2, 0.25) is 0 Å². The van der Waals surface area contributed by atoms with Crippen molar-refractivity contribution in [3.05, 3.63) is 18.0 Å². The van der Waals surface area contributed by atoms with Gasteiger partial charge in [-0.3, -0.25) is 4.68 Å². The average Bonchev–Trinajstić information content (AvgIpc) is 2.69. The third-order valence-electron chi connectivity index (χ3n) is 3.05. The molecule has 0 atom stereocenters. The third-order valence-corrected chi connectivity index (χ3v) is 3.05. The van der Waals surface area contributed by atoms with Gasteiger partial charge in [0.05, 0.1) is 11.8 Å². The van der Waals surface area contributed by atoms with Crippen LogP contribution in [0.1, 0.15) is 31.7 Å². The lowest BCUT2D eigenvalue weighted by molar-refractivity contribution is 0.00585. The maximum Gasteiger partial charge on any atom is 0.0951 e. The van der Waals surface area contributed by atoms with Crippen LogP contribution in [0.4, 0.5) is 0 Å². The summed E-state index contributed by atoms with van der Waals surface area (Å²) in [4.78, 5) is 0. The van der Waals surface area contributed by atoms with Gasteiger partial charge in [-0.1, -0.05) is 6.92 Å². The molecule has 0 bridgehead atoms. The maximum absolute atomic E-state index is 10.4. The minimum absolute atomic E-state index is 0.656. The van der Waals surface area contributed by atoms with Gasteiger partial charge in [-0.05, 0) is 32.4 Å². The van der Waals surface area contributed by atoms with Crippen LogP contribution >= 0.6 is 0 Å². The Morgan fingerprint density at radius 1 is 1.53 bits per heavy atom. The number of hydrogen-bond donors (Lipinski definition) is 2. The highest BCUT2D eigenvalue weighted by molar-refractivity contribution is 5.16. The molecule has 2 rings (SSSR count). The Bertz CT molecular complexity index is 315. The Kier molecular flexibility index (Phi) is 3.07. The van der Waals surface area contributed by atoms with Gasteiger partial charge in [-0.15, -0.1) is 0 Å². The van der Waals surface area contributed by atoms with E-state index in [1.165, 1.54) is 0 Å². The second-order valence-electron chi connectivity index (χ2n) is 4.27. The van der Waals surface area contributed by atoms with Crippen molar-refractivity contribution in [2.24, 2.45) is 0 Å². The second kappa shape index (κ2) is 4.33. The zero-order valence-electron chi connectivity index (χ0n) is 9.24. The molecule has 84 valence electrons. The lowest BCUT2D eigenvalue weighted by Crippen LogP contribution is -2.39. The van der Waals surface area contributed by atoms with Crippen LogP contribution in [-0.2, 0) is 12.1 Å². The summed E-state index contributed by atoms with van der Waals surface area (Å²) < 4.78 is 1.91. The smallest absolute Gasteiger partial charge is 0.0951 e. The molecule has 0 aromatic carbocycles. The number of aryl methyl sites for hydroxylation is 1. The highest BCUT2D eigenvalue weighted by Gasteiger charge is 2.32. The summed E-state index contributed by atoms with van der Waals surface area (Å²) in [6.45, 7) is 4.82. The molecular formula is C11H19N3O. The zero-order valence-corrected chi connectivity index (χ0v) is 9.24. The molecule has 1 fully saturated rings. The molecule has 2 heterocycles. The van der Waals surface area contributed by atoms with E-state index in [1.54, 1.807) is 6.20 Å². The summed E-state index contributed by atoms with van der Waals surface area (Å²) >= 11 is 0. The topological polar surface area (TPSA) is 50.1 Å². The first-order valence-electron chi connectivity index (χ1n) is 5.70. The van der Waals surface area contributed by atoms with Crippen molar-refractivity contribution in [3.63, 3.8) is 0 Å². The number of aliphatic hydroxyl groups is 1. The van der Waals surface area contributed by atoms with Crippen molar-refractivity contribution in [3.8, 4) is 0 Å². The number of aromatic nitrogens is 2. The molecule has 1 aliphatic rings. The molecule has 0 aliphatic carbocycles. The highest BCUT2D eigenvalue weighted by atomic mass is 16.3. The van der Waals surface area contributed by atoms with Gasteiger partial charge in [-0.25, -0.2) is 0 Å². The van der Waals surface area contributed by atoms with E-state index in [1.807, 2.05) is 10.9 Å². The first kappa shape index (κ1) is 10.6. The van der Waals surface area contributed by atoms with Crippen LogP contribution in [0.25, 0.3) is 0 Å². The van der Waals surface area contributed by atoms with Crippen LogP contribution in [0.2, 0.25) is 0 Å². The van der Waals surface area contributed by atoms with E-state index in [0.717, 1.165) is 44.5 Å². The summed E-state index contributed by atoms with van der Waals surface area (Å²) in [5.74, 6) is 0. The predicted molar refractivity (Wildman–Crippen MR) is 58.5 cm³/mol. The van der Waals surface area contributed by atoms with E-state index in [-0.39, 0.29) is 0 Å². The lowest BCUT2D eigenvalue weighted by atomic mass is 9.87. The van der Waals surface area contributed by atoms with E-state index in [2.05, 4.69) is 17.3 Å². The SMILES string of the molecule is CCCn1cc(C2(O)CCNCC2)cn1. The summed E-state index contributed by atoms with van der Waals surface area (Å²) in [7, 11) is 0. The second-order valence-corrected chi connectivity index (χ2v) is 4.27. The maximum atomic E-state index is 10.4. The molecular weight excluding hydrogens is 190 g/mol. The number of rotatable bonds is 3. The summed E-state index contributed by atoms with van der Waals surface area (Å²) in [6.07, 6.45) is 6.42. The van der Waals surface area contributed by atoms with Gasteiger partial charge < -0.3 is 10.4 Å². The van der Waals surface area contributed by atoms with Gasteiger partial charge in [0.1, 0.15) is 0 Å². The molecule has 1 aromatic rings. The standard InChI is InChI=1S/C11H19N3O/c1-2-7-14-9-10(8-13-14)11(15)3-5-12-6-4-11/h8-9,12,15H,2-7H2,1H3. The van der Waals surface area contributed by atoms with Crippen LogP contribution in [-0.4, -0.2) is 28.0 Å². The Balaban J connectivity index is 2.12. The van der Waals surface area contributed by atoms with Crippen molar-refractivity contribution >= 4 is 0 Å². The fraction of sp³-hybridized carbons (Fsp3) is 0.727. The van der Waals surface area contributed by atoms with Gasteiger partial charge >= 0.3 is 0 Å². The fourth-order valence-corrected chi connectivity index (χ4v) is 2.08. The molecule has 1 aliphatic heterocycles. The van der Waals surface area contributed by atoms with Crippen LogP contribution in [0.5, 0.6) is 0 Å². The molecule has 1 saturated heterocycles. The monoisotopic (exact) mass is 209 g/mol. The molecule has 1 aromatic heterocycles. The van der Waals surface area contributed by atoms with Crippen molar-refractivity contribution < 1.29 is 5.11 Å². The molecule has 15 heavy (non-hydrogen) atoms. The van der Waals surface area contributed by atoms with Crippen LogP contribution in [0.15, 0.2) is 12.4 Å². The first-order chi connectivity index (χ1) is 7.24. The normalized spacial score (nSPS) is 20.4. The third kappa shape index (κ3) is 2.21. The van der Waals surface area contributed by atoms with Crippen molar-refractivity contribution in [2.45, 2.75) is 38.3 Å². The number of piperidine rings is 1. The summed E-state index contributed by atoms with van der Waals surface area (Å²) in [5, 5.41) is 17.9. The van der Waals surface area contributed by atoms with E-state index in [4.69, 9.17) is 0 Å². The average molecular weight is 209 g/mol. The van der Waals surface area contributed by atoms with Gasteiger partial charge in [-0.2, -0.15) is 5.10 Å². The van der Waals surface area contributed by atoms with E-state index in [0.29, 0.717) is 0 Å². The number of nitrogens with one attached hydrogen (secondary N) is 1. The van der Waals surface area contributed by atoms with Crippen molar-refractivity contribution in [1.29, 1.82) is 0 Å². The van der Waals surface area contributed by atoms with E-state index >= 15 is 0 Å². The van der Waals surface area contributed by atoms with Crippen LogP contribution in [0, 0.1) is 0 Å². The molecule has 4 nitrogen and oxygen atoms in total. The zero-order chi connectivity index (χ0) is 10.7. The summed E-state index contributed by atoms with van der Waals surface area (Å²) in [6, 6.07) is 0. The molecule has 0 spiro atoms. The molecule has 0 amide bonds. The molecule has 4 heteroatoms. The Hall–Kier alpha value is -0.870. The van der Waals surface area contributed by atoms with Crippen molar-refractivity contribution in [2.75, 3.05) is 13.1 Å². The number of hydrogen-bond acceptors (Lipinski definition) is 3. The Morgan fingerprint density at radius 2 is 2.27 bits per heavy atom. The van der Waals surface area contributed by atoms with Crippen LogP contribution in [0.3, 0.4) is 0 Å². The van der Waals surface area contributed by atoms with E-state index < -0.39 is 5.60 Å². The predicted octanol–water partition coefficient (Wildman–Crippen LogP) is 0.864. The molecule has 0 unspecified atom stereocenters. The fourth-order valence-electron chi connectivity index (χ4n) is 2.08. The lowest BCUT2D eigenvalue weighted by Gasteiger charge is -2.31. The molecule has 2 N–H and O–H groups in total. The molecule has 0 saturated carbocycles. The minimum Gasteiger partial charge on any atom is -0.385 e. The Labute approximate surface area is 90.3 Å². The quantitative estimate of drug-likeness (QED) is 0.776. The largest absolute Gasteiger partial charge is 0.385 e. The van der Waals surface area contributed by atoms with Gasteiger partial charge in [0.25, 0.3) is 0 Å². The molecule has 0 radical (unpaired) electrons. The summed E-state index contributed by atoms with van der Waals surface area (Å²) in [5.41, 5.74) is 0.314. The van der Waals surface area contributed by atoms with Crippen molar-refractivity contribution in [1.82, 2.24) is 15.1 Å². The van der Waals surface area contributed by atoms with Gasteiger partial charge in [0, 0.05) is 18.3 Å². The van der Waals surface area contributed by atoms with Gasteiger partial charge in [0.15, 0.2) is 0 Å². The van der Waals surface area contributed by atoms with E-state index in [9.17, 15) is 5.11 Å².